The first kappa shape index (κ1) is 20.0. The maximum absolute atomic E-state index is 12.1. The van der Waals surface area contributed by atoms with Crippen molar-refractivity contribution in [1.29, 1.82) is 0 Å². The lowest BCUT2D eigenvalue weighted by molar-refractivity contribution is -0.117. The Labute approximate surface area is 159 Å². The molecular weight excluding hydrogens is 342 g/mol. The van der Waals surface area contributed by atoms with Crippen LogP contribution in [-0.4, -0.2) is 32.0 Å². The van der Waals surface area contributed by atoms with Gasteiger partial charge in [0, 0.05) is 30.4 Å². The van der Waals surface area contributed by atoms with Gasteiger partial charge in [0.1, 0.15) is 5.75 Å². The van der Waals surface area contributed by atoms with Gasteiger partial charge < -0.3 is 9.64 Å². The second-order valence-corrected chi connectivity index (χ2v) is 5.77. The zero-order valence-corrected chi connectivity index (χ0v) is 15.9. The third-order valence-electron chi connectivity index (χ3n) is 4.10. The van der Waals surface area contributed by atoms with E-state index in [1.807, 2.05) is 24.3 Å². The standard InChI is InChI=1S/C21H25N3O3/c1-4-24(5-2)18-11-9-17(10-12-18)21(26)23-22-20(25)15-8-16-6-13-19(27-3)14-7-16/h6-15H,4-5H2,1-3H3,(H,22,25)(H,23,26)/b15-8+. The Bertz CT molecular complexity index is 779. The molecule has 2 aromatic rings. The van der Waals surface area contributed by atoms with Gasteiger partial charge in [0.25, 0.3) is 11.8 Å². The first-order valence-corrected chi connectivity index (χ1v) is 8.84. The quantitative estimate of drug-likeness (QED) is 0.583. The molecule has 0 aromatic heterocycles. The van der Waals surface area contributed by atoms with Gasteiger partial charge in [-0.2, -0.15) is 0 Å². The molecule has 2 amide bonds. The van der Waals surface area contributed by atoms with Crippen molar-refractivity contribution < 1.29 is 14.3 Å². The summed E-state index contributed by atoms with van der Waals surface area (Å²) in [6, 6.07) is 14.5. The number of amides is 2. The Balaban J connectivity index is 1.86. The Kier molecular flexibility index (Phi) is 7.43. The van der Waals surface area contributed by atoms with Crippen molar-refractivity contribution in [2.24, 2.45) is 0 Å². The molecule has 142 valence electrons. The number of benzene rings is 2. The monoisotopic (exact) mass is 367 g/mol. The van der Waals surface area contributed by atoms with E-state index in [-0.39, 0.29) is 5.91 Å². The Morgan fingerprint density at radius 3 is 2.15 bits per heavy atom. The van der Waals surface area contributed by atoms with E-state index in [0.717, 1.165) is 30.1 Å². The summed E-state index contributed by atoms with van der Waals surface area (Å²) in [4.78, 5) is 26.2. The normalized spacial score (nSPS) is 10.5. The lowest BCUT2D eigenvalue weighted by atomic mass is 10.2. The Morgan fingerprint density at radius 2 is 1.59 bits per heavy atom. The topological polar surface area (TPSA) is 70.7 Å². The summed E-state index contributed by atoms with van der Waals surface area (Å²) in [5, 5.41) is 0. The number of nitrogens with zero attached hydrogens (tertiary/aromatic N) is 1. The van der Waals surface area contributed by atoms with E-state index < -0.39 is 5.91 Å². The number of carbonyl (C=O) groups excluding carboxylic acids is 2. The minimum absolute atomic E-state index is 0.368. The molecule has 0 heterocycles. The molecule has 0 fully saturated rings. The van der Waals surface area contributed by atoms with Gasteiger partial charge in [-0.05, 0) is 61.9 Å². The molecule has 0 aliphatic heterocycles. The number of hydrogen-bond acceptors (Lipinski definition) is 4. The van der Waals surface area contributed by atoms with Gasteiger partial charge in [0.2, 0.25) is 0 Å². The van der Waals surface area contributed by atoms with Crippen molar-refractivity contribution >= 4 is 23.6 Å². The van der Waals surface area contributed by atoms with Gasteiger partial charge in [-0.1, -0.05) is 12.1 Å². The average molecular weight is 367 g/mol. The summed E-state index contributed by atoms with van der Waals surface area (Å²) < 4.78 is 5.08. The number of ether oxygens (including phenoxy) is 1. The number of hydrogen-bond donors (Lipinski definition) is 2. The van der Waals surface area contributed by atoms with Gasteiger partial charge in [-0.25, -0.2) is 0 Å². The van der Waals surface area contributed by atoms with E-state index in [2.05, 4.69) is 29.6 Å². The van der Waals surface area contributed by atoms with Gasteiger partial charge in [-0.3, -0.25) is 20.4 Å². The molecule has 6 heteroatoms. The van der Waals surface area contributed by atoms with E-state index >= 15 is 0 Å². The van der Waals surface area contributed by atoms with Crippen molar-refractivity contribution in [2.45, 2.75) is 13.8 Å². The van der Waals surface area contributed by atoms with Crippen LogP contribution in [0.25, 0.3) is 6.08 Å². The molecule has 0 atom stereocenters. The van der Waals surface area contributed by atoms with Gasteiger partial charge in [0.05, 0.1) is 7.11 Å². The summed E-state index contributed by atoms with van der Waals surface area (Å²) in [5.74, 6) is -0.0397. The van der Waals surface area contributed by atoms with Crippen molar-refractivity contribution in [3.05, 3.63) is 65.7 Å². The van der Waals surface area contributed by atoms with E-state index in [0.29, 0.717) is 5.56 Å². The lowest BCUT2D eigenvalue weighted by Gasteiger charge is -2.21. The van der Waals surface area contributed by atoms with E-state index in [9.17, 15) is 9.59 Å². The second kappa shape index (κ2) is 10.0. The van der Waals surface area contributed by atoms with Crippen molar-refractivity contribution in [1.82, 2.24) is 10.9 Å². The van der Waals surface area contributed by atoms with Gasteiger partial charge in [0.15, 0.2) is 0 Å². The van der Waals surface area contributed by atoms with Crippen molar-refractivity contribution in [3.8, 4) is 5.75 Å². The highest BCUT2D eigenvalue weighted by atomic mass is 16.5. The summed E-state index contributed by atoms with van der Waals surface area (Å²) in [6.07, 6.45) is 3.01. The van der Waals surface area contributed by atoms with Crippen LogP contribution in [-0.2, 0) is 4.79 Å². The third-order valence-corrected chi connectivity index (χ3v) is 4.10. The van der Waals surface area contributed by atoms with Crippen LogP contribution >= 0.6 is 0 Å². The molecule has 2 rings (SSSR count). The van der Waals surface area contributed by atoms with Crippen LogP contribution in [0.2, 0.25) is 0 Å². The molecule has 0 aliphatic carbocycles. The van der Waals surface area contributed by atoms with Crippen LogP contribution in [0, 0.1) is 0 Å². The van der Waals surface area contributed by atoms with Gasteiger partial charge >= 0.3 is 0 Å². The van der Waals surface area contributed by atoms with Crippen LogP contribution in [0.1, 0.15) is 29.8 Å². The van der Waals surface area contributed by atoms with Crippen LogP contribution in [0.15, 0.2) is 54.6 Å². The van der Waals surface area contributed by atoms with Crippen LogP contribution in [0.4, 0.5) is 5.69 Å². The smallest absolute Gasteiger partial charge is 0.269 e. The zero-order valence-electron chi connectivity index (χ0n) is 15.9. The van der Waals surface area contributed by atoms with E-state index in [1.165, 1.54) is 6.08 Å². The van der Waals surface area contributed by atoms with Crippen molar-refractivity contribution in [3.63, 3.8) is 0 Å². The Hall–Kier alpha value is -3.28. The first-order valence-electron chi connectivity index (χ1n) is 8.84. The largest absolute Gasteiger partial charge is 0.497 e. The zero-order chi connectivity index (χ0) is 19.6. The molecule has 0 spiro atoms. The van der Waals surface area contributed by atoms with E-state index in [4.69, 9.17) is 4.74 Å². The van der Waals surface area contributed by atoms with E-state index in [1.54, 1.807) is 37.5 Å². The number of nitrogens with one attached hydrogen (secondary N) is 2. The lowest BCUT2D eigenvalue weighted by Crippen LogP contribution is -2.40. The highest BCUT2D eigenvalue weighted by Crippen LogP contribution is 2.15. The minimum Gasteiger partial charge on any atom is -0.497 e. The third kappa shape index (κ3) is 5.88. The first-order chi connectivity index (χ1) is 13.1. The number of carbonyl (C=O) groups is 2. The summed E-state index contributed by atoms with van der Waals surface area (Å²) in [5.41, 5.74) is 7.17. The molecule has 0 radical (unpaired) electrons. The fourth-order valence-corrected chi connectivity index (χ4v) is 2.53. The SMILES string of the molecule is CCN(CC)c1ccc(C(=O)NNC(=O)/C=C/c2ccc(OC)cc2)cc1. The molecule has 2 N–H and O–H groups in total. The van der Waals surface area contributed by atoms with Crippen LogP contribution < -0.4 is 20.5 Å². The molecule has 27 heavy (non-hydrogen) atoms. The second-order valence-electron chi connectivity index (χ2n) is 5.77. The minimum atomic E-state index is -0.418. The number of methoxy groups -OCH3 is 1. The molecule has 0 saturated heterocycles. The average Bonchev–Trinajstić information content (AvgIpc) is 2.72. The predicted molar refractivity (Wildman–Crippen MR) is 108 cm³/mol. The molecule has 0 aliphatic rings. The Morgan fingerprint density at radius 1 is 0.963 bits per heavy atom. The highest BCUT2D eigenvalue weighted by molar-refractivity contribution is 5.98. The molecule has 6 nitrogen and oxygen atoms in total. The number of rotatable bonds is 7. The predicted octanol–water partition coefficient (Wildman–Crippen LogP) is 3.02. The number of hydrazine groups is 1. The van der Waals surface area contributed by atoms with Gasteiger partial charge in [-0.15, -0.1) is 0 Å². The van der Waals surface area contributed by atoms with Crippen molar-refractivity contribution in [2.75, 3.05) is 25.1 Å². The molecule has 2 aromatic carbocycles. The summed E-state index contributed by atoms with van der Waals surface area (Å²) in [7, 11) is 1.60. The maximum Gasteiger partial charge on any atom is 0.269 e. The summed E-state index contributed by atoms with van der Waals surface area (Å²) >= 11 is 0. The highest BCUT2D eigenvalue weighted by Gasteiger charge is 2.07. The fraction of sp³-hybridized carbons (Fsp3) is 0.238. The molecular formula is C21H25N3O3. The molecule has 0 bridgehead atoms. The van der Waals surface area contributed by atoms with Crippen LogP contribution in [0.5, 0.6) is 5.75 Å². The number of anilines is 1. The molecule has 0 unspecified atom stereocenters. The maximum atomic E-state index is 12.1. The summed E-state index contributed by atoms with van der Waals surface area (Å²) in [6.45, 7) is 5.97. The molecule has 0 saturated carbocycles. The fourth-order valence-electron chi connectivity index (χ4n) is 2.53. The van der Waals surface area contributed by atoms with Crippen LogP contribution in [0.3, 0.4) is 0 Å².